The zero-order valence-electron chi connectivity index (χ0n) is 17.9. The highest BCUT2D eigenvalue weighted by atomic mass is 16.2. The monoisotopic (exact) mass is 428 g/mol. The van der Waals surface area contributed by atoms with E-state index >= 15 is 0 Å². The van der Waals surface area contributed by atoms with Crippen molar-refractivity contribution in [3.8, 4) is 0 Å². The van der Waals surface area contributed by atoms with E-state index in [1.54, 1.807) is 17.3 Å². The minimum Gasteiger partial charge on any atom is -0.352 e. The molecule has 1 spiro atoms. The molecule has 2 aliphatic rings. The van der Waals surface area contributed by atoms with E-state index in [4.69, 9.17) is 0 Å². The second-order valence-electron chi connectivity index (χ2n) is 8.50. The third-order valence-electron chi connectivity index (χ3n) is 6.16. The topological polar surface area (TPSA) is 100 Å². The number of para-hydroxylation sites is 1. The van der Waals surface area contributed by atoms with Crippen molar-refractivity contribution >= 4 is 23.5 Å². The molecule has 0 aliphatic carbocycles. The van der Waals surface area contributed by atoms with Crippen molar-refractivity contribution in [1.82, 2.24) is 19.9 Å². The summed E-state index contributed by atoms with van der Waals surface area (Å²) in [5.41, 5.74) is 2.06. The molecule has 0 bridgehead atoms. The van der Waals surface area contributed by atoms with E-state index in [0.29, 0.717) is 24.5 Å². The van der Waals surface area contributed by atoms with E-state index in [1.165, 1.54) is 12.4 Å². The number of aromatic nitrogens is 3. The maximum absolute atomic E-state index is 13.6. The third-order valence-corrected chi connectivity index (χ3v) is 6.16. The molecule has 8 heteroatoms. The fourth-order valence-electron chi connectivity index (χ4n) is 4.84. The lowest BCUT2D eigenvalue weighted by atomic mass is 9.73. The number of anilines is 2. The highest BCUT2D eigenvalue weighted by molar-refractivity contribution is 6.08. The summed E-state index contributed by atoms with van der Waals surface area (Å²) in [6.07, 6.45) is 7.02. The number of amides is 2. The Bertz CT molecular complexity index is 1160. The van der Waals surface area contributed by atoms with Crippen LogP contribution in [0.25, 0.3) is 0 Å². The van der Waals surface area contributed by atoms with Gasteiger partial charge in [-0.15, -0.1) is 0 Å². The van der Waals surface area contributed by atoms with Crippen molar-refractivity contribution in [2.24, 2.45) is 0 Å². The highest BCUT2D eigenvalue weighted by Crippen LogP contribution is 2.54. The summed E-state index contributed by atoms with van der Waals surface area (Å²) in [5, 5.41) is 6.15. The molecule has 5 rings (SSSR count). The number of nitrogens with one attached hydrogen (secondary N) is 2. The number of carbonyl (C=O) groups is 2. The Morgan fingerprint density at radius 1 is 1.16 bits per heavy atom. The number of benzene rings is 1. The minimum atomic E-state index is -0.866. The van der Waals surface area contributed by atoms with Crippen molar-refractivity contribution in [3.05, 3.63) is 77.9 Å². The molecule has 1 saturated heterocycles. The average molecular weight is 428 g/mol. The van der Waals surface area contributed by atoms with Crippen molar-refractivity contribution in [2.75, 3.05) is 17.2 Å². The van der Waals surface area contributed by atoms with Gasteiger partial charge in [-0.3, -0.25) is 14.6 Å². The number of rotatable bonds is 4. The van der Waals surface area contributed by atoms with Crippen LogP contribution in [-0.2, 0) is 10.2 Å². The van der Waals surface area contributed by atoms with Crippen LogP contribution < -0.4 is 10.6 Å². The normalized spacial score (nSPS) is 21.7. The first-order chi connectivity index (χ1) is 15.5. The number of nitrogens with zero attached hydrogens (tertiary/aromatic N) is 4. The van der Waals surface area contributed by atoms with Gasteiger partial charge in [0.05, 0.1) is 11.6 Å². The number of likely N-dealkylation sites (tertiary alicyclic amines) is 1. The number of hydrogen-bond acceptors (Lipinski definition) is 6. The van der Waals surface area contributed by atoms with Crippen LogP contribution in [0, 0.1) is 0 Å². The van der Waals surface area contributed by atoms with Gasteiger partial charge >= 0.3 is 0 Å². The molecular formula is C24H24N6O2. The first-order valence-electron chi connectivity index (χ1n) is 10.7. The molecule has 1 fully saturated rings. The lowest BCUT2D eigenvalue weighted by Gasteiger charge is -2.34. The summed E-state index contributed by atoms with van der Waals surface area (Å²) in [4.78, 5) is 41.6. The molecule has 0 radical (unpaired) electrons. The van der Waals surface area contributed by atoms with Crippen LogP contribution in [0.2, 0.25) is 0 Å². The van der Waals surface area contributed by atoms with Crippen molar-refractivity contribution < 1.29 is 9.59 Å². The van der Waals surface area contributed by atoms with Crippen molar-refractivity contribution in [1.29, 1.82) is 0 Å². The molecule has 2 unspecified atom stereocenters. The van der Waals surface area contributed by atoms with Gasteiger partial charge in [-0.05, 0) is 43.5 Å². The molecule has 2 aromatic heterocycles. The van der Waals surface area contributed by atoms with Crippen LogP contribution in [0.5, 0.6) is 0 Å². The van der Waals surface area contributed by atoms with Gasteiger partial charge in [0.2, 0.25) is 11.9 Å². The number of carbonyl (C=O) groups excluding carboxylic acids is 2. The molecule has 0 saturated carbocycles. The number of hydrogen-bond donors (Lipinski definition) is 2. The summed E-state index contributed by atoms with van der Waals surface area (Å²) >= 11 is 0. The predicted molar refractivity (Wildman–Crippen MR) is 120 cm³/mol. The third kappa shape index (κ3) is 3.10. The lowest BCUT2D eigenvalue weighted by molar-refractivity contribution is -0.121. The summed E-state index contributed by atoms with van der Waals surface area (Å²) < 4.78 is 0. The molecular weight excluding hydrogens is 404 g/mol. The summed E-state index contributed by atoms with van der Waals surface area (Å²) in [7, 11) is 0. The van der Waals surface area contributed by atoms with E-state index in [2.05, 4.69) is 25.6 Å². The molecule has 162 valence electrons. The molecule has 4 heterocycles. The van der Waals surface area contributed by atoms with E-state index in [-0.39, 0.29) is 17.9 Å². The van der Waals surface area contributed by atoms with E-state index < -0.39 is 11.5 Å². The molecule has 8 nitrogen and oxygen atoms in total. The molecule has 2 N–H and O–H groups in total. The Balaban J connectivity index is 1.56. The maximum atomic E-state index is 13.6. The quantitative estimate of drug-likeness (QED) is 0.662. The lowest BCUT2D eigenvalue weighted by Crippen LogP contribution is -2.42. The largest absolute Gasteiger partial charge is 0.352 e. The second kappa shape index (κ2) is 7.71. The molecule has 32 heavy (non-hydrogen) atoms. The Hall–Kier alpha value is -3.81. The first-order valence-corrected chi connectivity index (χ1v) is 10.7. The summed E-state index contributed by atoms with van der Waals surface area (Å²) in [5.74, 6) is 0.182. The zero-order chi connectivity index (χ0) is 22.3. The zero-order valence-corrected chi connectivity index (χ0v) is 17.9. The van der Waals surface area contributed by atoms with Crippen LogP contribution in [0.4, 0.5) is 11.6 Å². The predicted octanol–water partition coefficient (Wildman–Crippen LogP) is 3.17. The van der Waals surface area contributed by atoms with Gasteiger partial charge in [-0.1, -0.05) is 24.3 Å². The van der Waals surface area contributed by atoms with Gasteiger partial charge in [-0.25, -0.2) is 9.97 Å². The maximum Gasteiger partial charge on any atom is 0.257 e. The van der Waals surface area contributed by atoms with Crippen LogP contribution in [0.3, 0.4) is 0 Å². The number of fused-ring (bicyclic) bond motifs is 2. The van der Waals surface area contributed by atoms with Crippen LogP contribution >= 0.6 is 0 Å². The Labute approximate surface area is 186 Å². The molecule has 2 amide bonds. The fraction of sp³-hybridized carbons (Fsp3) is 0.292. The SMILES string of the molecule is CC(C)Nc1ncc(C(=O)N2CCC3(C(=O)Nc4ccccc43)C2c2cccnc2)cn1. The molecule has 3 aromatic rings. The van der Waals surface area contributed by atoms with Crippen molar-refractivity contribution in [3.63, 3.8) is 0 Å². The Kier molecular flexibility index (Phi) is 4.84. The van der Waals surface area contributed by atoms with Crippen LogP contribution in [-0.4, -0.2) is 44.3 Å². The van der Waals surface area contributed by atoms with Gasteiger partial charge in [-0.2, -0.15) is 0 Å². The van der Waals surface area contributed by atoms with E-state index in [1.807, 2.05) is 50.2 Å². The standard InChI is InChI=1S/C24H24N6O2/c1-15(2)28-23-26-13-17(14-27-23)21(31)30-11-9-24(20(30)16-6-5-10-25-12-16)18-7-3-4-8-19(18)29-22(24)32/h3-8,10,12-15,20H,9,11H2,1-2H3,(H,29,32)(H,26,27,28). The van der Waals surface area contributed by atoms with Gasteiger partial charge < -0.3 is 15.5 Å². The first kappa shape index (κ1) is 20.1. The highest BCUT2D eigenvalue weighted by Gasteiger charge is 2.59. The van der Waals surface area contributed by atoms with E-state index in [9.17, 15) is 9.59 Å². The Morgan fingerprint density at radius 2 is 1.94 bits per heavy atom. The molecule has 2 atom stereocenters. The van der Waals surface area contributed by atoms with Crippen LogP contribution in [0.1, 0.15) is 47.8 Å². The van der Waals surface area contributed by atoms with Gasteiger partial charge in [0.25, 0.3) is 5.91 Å². The van der Waals surface area contributed by atoms with Crippen molar-refractivity contribution in [2.45, 2.75) is 37.8 Å². The molecule has 2 aliphatic heterocycles. The van der Waals surface area contributed by atoms with Gasteiger partial charge in [0, 0.05) is 43.1 Å². The molecule has 1 aromatic carbocycles. The van der Waals surface area contributed by atoms with Gasteiger partial charge in [0.15, 0.2) is 0 Å². The smallest absolute Gasteiger partial charge is 0.257 e. The number of pyridine rings is 1. The van der Waals surface area contributed by atoms with Gasteiger partial charge in [0.1, 0.15) is 5.41 Å². The fourth-order valence-corrected chi connectivity index (χ4v) is 4.84. The van der Waals surface area contributed by atoms with E-state index in [0.717, 1.165) is 16.8 Å². The Morgan fingerprint density at radius 3 is 2.66 bits per heavy atom. The summed E-state index contributed by atoms with van der Waals surface area (Å²) in [6, 6.07) is 11.2. The minimum absolute atomic E-state index is 0.0874. The summed E-state index contributed by atoms with van der Waals surface area (Å²) in [6.45, 7) is 4.43. The average Bonchev–Trinajstić information content (AvgIpc) is 3.33. The second-order valence-corrected chi connectivity index (χ2v) is 8.50. The van der Waals surface area contributed by atoms with Crippen LogP contribution in [0.15, 0.2) is 61.2 Å².